The molecule has 0 radical (unpaired) electrons. The molecular formula is C15H12F2OS. The van der Waals surface area contributed by atoms with Crippen molar-refractivity contribution in [2.24, 2.45) is 0 Å². The predicted octanol–water partition coefficient (Wildman–Crippen LogP) is 4.25. The van der Waals surface area contributed by atoms with E-state index >= 15 is 0 Å². The minimum absolute atomic E-state index is 0.0753. The molecule has 0 bridgehead atoms. The summed E-state index contributed by atoms with van der Waals surface area (Å²) < 4.78 is 26.1. The maximum Gasteiger partial charge on any atom is 0.173 e. The summed E-state index contributed by atoms with van der Waals surface area (Å²) in [6, 6.07) is 10.6. The van der Waals surface area contributed by atoms with Crippen LogP contribution in [0.5, 0.6) is 0 Å². The molecule has 0 atom stereocenters. The molecule has 0 aliphatic heterocycles. The van der Waals surface area contributed by atoms with Gasteiger partial charge in [-0.05, 0) is 19.1 Å². The second-order valence-corrected chi connectivity index (χ2v) is 5.17. The highest BCUT2D eigenvalue weighted by Gasteiger charge is 2.09. The lowest BCUT2D eigenvalue weighted by Crippen LogP contribution is -2.02. The van der Waals surface area contributed by atoms with Crippen LogP contribution in [0.4, 0.5) is 8.78 Å². The SMILES string of the molecule is Cc1ccc(C(=O)CSc2ccc(F)cc2F)cc1. The summed E-state index contributed by atoms with van der Waals surface area (Å²) in [6.45, 7) is 1.94. The summed E-state index contributed by atoms with van der Waals surface area (Å²) in [5, 5.41) is 0. The average Bonchev–Trinajstić information content (AvgIpc) is 2.38. The molecule has 0 fully saturated rings. The van der Waals surface area contributed by atoms with Gasteiger partial charge in [-0.25, -0.2) is 8.78 Å². The summed E-state index contributed by atoms with van der Waals surface area (Å²) in [7, 11) is 0. The first-order chi connectivity index (χ1) is 9.06. The van der Waals surface area contributed by atoms with E-state index in [0.717, 1.165) is 23.4 Å². The third-order valence-corrected chi connectivity index (χ3v) is 3.67. The van der Waals surface area contributed by atoms with Crippen molar-refractivity contribution in [2.45, 2.75) is 11.8 Å². The van der Waals surface area contributed by atoms with Crippen LogP contribution in [0.1, 0.15) is 15.9 Å². The van der Waals surface area contributed by atoms with Crippen LogP contribution in [0.15, 0.2) is 47.4 Å². The Morgan fingerprint density at radius 2 is 1.79 bits per heavy atom. The first-order valence-corrected chi connectivity index (χ1v) is 6.72. The molecule has 0 saturated carbocycles. The summed E-state index contributed by atoms with van der Waals surface area (Å²) >= 11 is 1.07. The fourth-order valence-electron chi connectivity index (χ4n) is 1.56. The molecule has 0 aromatic heterocycles. The van der Waals surface area contributed by atoms with Crippen LogP contribution in [0.3, 0.4) is 0 Å². The van der Waals surface area contributed by atoms with Crippen molar-refractivity contribution in [3.63, 3.8) is 0 Å². The molecule has 19 heavy (non-hydrogen) atoms. The van der Waals surface area contributed by atoms with E-state index in [0.29, 0.717) is 5.56 Å². The maximum atomic E-state index is 13.4. The smallest absolute Gasteiger partial charge is 0.173 e. The monoisotopic (exact) mass is 278 g/mol. The Morgan fingerprint density at radius 3 is 2.42 bits per heavy atom. The average molecular weight is 278 g/mol. The van der Waals surface area contributed by atoms with Crippen LogP contribution < -0.4 is 0 Å². The zero-order valence-electron chi connectivity index (χ0n) is 10.3. The quantitative estimate of drug-likeness (QED) is 0.614. The number of hydrogen-bond donors (Lipinski definition) is 0. The van der Waals surface area contributed by atoms with Crippen molar-refractivity contribution >= 4 is 17.5 Å². The molecule has 2 aromatic rings. The van der Waals surface area contributed by atoms with Gasteiger partial charge in [0.25, 0.3) is 0 Å². The van der Waals surface area contributed by atoms with Crippen LogP contribution in [-0.4, -0.2) is 11.5 Å². The van der Waals surface area contributed by atoms with Crippen molar-refractivity contribution in [1.29, 1.82) is 0 Å². The van der Waals surface area contributed by atoms with Gasteiger partial charge in [-0.1, -0.05) is 29.8 Å². The van der Waals surface area contributed by atoms with Crippen molar-refractivity contribution in [3.05, 3.63) is 65.2 Å². The summed E-state index contributed by atoms with van der Waals surface area (Å²) in [5.41, 5.74) is 1.68. The Balaban J connectivity index is 2.02. The molecule has 0 amide bonds. The number of ketones is 1. The predicted molar refractivity (Wildman–Crippen MR) is 72.6 cm³/mol. The Bertz CT molecular complexity index is 594. The van der Waals surface area contributed by atoms with Gasteiger partial charge >= 0.3 is 0 Å². The van der Waals surface area contributed by atoms with Crippen LogP contribution in [0, 0.1) is 18.6 Å². The highest BCUT2D eigenvalue weighted by Crippen LogP contribution is 2.23. The van der Waals surface area contributed by atoms with Gasteiger partial charge in [0, 0.05) is 16.5 Å². The molecule has 2 aromatic carbocycles. The number of halogens is 2. The van der Waals surface area contributed by atoms with Gasteiger partial charge in [0.15, 0.2) is 5.78 Å². The third kappa shape index (κ3) is 3.64. The topological polar surface area (TPSA) is 17.1 Å². The third-order valence-electron chi connectivity index (χ3n) is 2.63. The summed E-state index contributed by atoms with van der Waals surface area (Å²) in [5.74, 6) is -1.20. The number of benzene rings is 2. The lowest BCUT2D eigenvalue weighted by molar-refractivity contribution is 0.102. The molecule has 4 heteroatoms. The maximum absolute atomic E-state index is 13.4. The van der Waals surface area contributed by atoms with Crippen molar-refractivity contribution in [2.75, 3.05) is 5.75 Å². The highest BCUT2D eigenvalue weighted by atomic mass is 32.2. The van der Waals surface area contributed by atoms with Gasteiger partial charge < -0.3 is 0 Å². The van der Waals surface area contributed by atoms with E-state index in [1.807, 2.05) is 19.1 Å². The van der Waals surface area contributed by atoms with Crippen LogP contribution in [0.2, 0.25) is 0 Å². The normalized spacial score (nSPS) is 10.5. The summed E-state index contributed by atoms with van der Waals surface area (Å²) in [6.07, 6.45) is 0. The zero-order chi connectivity index (χ0) is 13.8. The van der Waals surface area contributed by atoms with E-state index in [2.05, 4.69) is 0 Å². The number of hydrogen-bond acceptors (Lipinski definition) is 2. The molecule has 0 heterocycles. The molecule has 0 unspecified atom stereocenters. The lowest BCUT2D eigenvalue weighted by atomic mass is 10.1. The molecule has 2 rings (SSSR count). The largest absolute Gasteiger partial charge is 0.293 e. The van der Waals surface area contributed by atoms with E-state index in [1.165, 1.54) is 12.1 Å². The van der Waals surface area contributed by atoms with Crippen LogP contribution >= 0.6 is 11.8 Å². The second kappa shape index (κ2) is 5.97. The number of aryl methyl sites for hydroxylation is 1. The van der Waals surface area contributed by atoms with Gasteiger partial charge in [-0.15, -0.1) is 11.8 Å². The minimum Gasteiger partial charge on any atom is -0.293 e. The van der Waals surface area contributed by atoms with Crippen molar-refractivity contribution < 1.29 is 13.6 Å². The number of carbonyl (C=O) groups excluding carboxylic acids is 1. The number of thioether (sulfide) groups is 1. The van der Waals surface area contributed by atoms with Crippen molar-refractivity contribution in [3.8, 4) is 0 Å². The van der Waals surface area contributed by atoms with Gasteiger partial charge in [0.2, 0.25) is 0 Å². The molecule has 0 saturated heterocycles. The molecule has 0 spiro atoms. The standard InChI is InChI=1S/C15H12F2OS/c1-10-2-4-11(5-3-10)14(18)9-19-15-7-6-12(16)8-13(15)17/h2-8H,9H2,1H3. The first kappa shape index (κ1) is 13.7. The molecule has 0 aliphatic rings. The van der Waals surface area contributed by atoms with Crippen LogP contribution in [-0.2, 0) is 0 Å². The second-order valence-electron chi connectivity index (χ2n) is 4.15. The van der Waals surface area contributed by atoms with Gasteiger partial charge in [-0.3, -0.25) is 4.79 Å². The lowest BCUT2D eigenvalue weighted by Gasteiger charge is -2.03. The summed E-state index contributed by atoms with van der Waals surface area (Å²) in [4.78, 5) is 12.2. The Labute approximate surface area is 114 Å². The van der Waals surface area contributed by atoms with Gasteiger partial charge in [0.05, 0.1) is 5.75 Å². The molecule has 0 N–H and O–H groups in total. The fraction of sp³-hybridized carbons (Fsp3) is 0.133. The number of carbonyl (C=O) groups is 1. The van der Waals surface area contributed by atoms with Gasteiger partial charge in [0.1, 0.15) is 11.6 Å². The van der Waals surface area contributed by atoms with Gasteiger partial charge in [-0.2, -0.15) is 0 Å². The van der Waals surface area contributed by atoms with E-state index in [4.69, 9.17) is 0 Å². The van der Waals surface area contributed by atoms with E-state index in [1.54, 1.807) is 12.1 Å². The molecular weight excluding hydrogens is 266 g/mol. The number of rotatable bonds is 4. The van der Waals surface area contributed by atoms with Crippen LogP contribution in [0.25, 0.3) is 0 Å². The van der Waals surface area contributed by atoms with E-state index in [9.17, 15) is 13.6 Å². The Kier molecular flexibility index (Phi) is 4.32. The molecule has 1 nitrogen and oxygen atoms in total. The van der Waals surface area contributed by atoms with E-state index in [-0.39, 0.29) is 16.4 Å². The highest BCUT2D eigenvalue weighted by molar-refractivity contribution is 8.00. The number of Topliss-reactive ketones (excluding diaryl/α,β-unsaturated/α-hetero) is 1. The first-order valence-electron chi connectivity index (χ1n) is 5.74. The Hall–Kier alpha value is -1.68. The van der Waals surface area contributed by atoms with E-state index < -0.39 is 11.6 Å². The fourth-order valence-corrected chi connectivity index (χ4v) is 2.37. The van der Waals surface area contributed by atoms with Crippen molar-refractivity contribution in [1.82, 2.24) is 0 Å². The Morgan fingerprint density at radius 1 is 1.11 bits per heavy atom. The zero-order valence-corrected chi connectivity index (χ0v) is 11.1. The minimum atomic E-state index is -0.637. The molecule has 98 valence electrons. The molecule has 0 aliphatic carbocycles.